The summed E-state index contributed by atoms with van der Waals surface area (Å²) in [5.41, 5.74) is 0.295. The summed E-state index contributed by atoms with van der Waals surface area (Å²) in [7, 11) is -3.68. The van der Waals surface area contributed by atoms with Crippen LogP contribution in [0.2, 0.25) is 0 Å². The minimum absolute atomic E-state index is 0.192. The number of rotatable bonds is 8. The van der Waals surface area contributed by atoms with Crippen LogP contribution in [0.5, 0.6) is 0 Å². The van der Waals surface area contributed by atoms with Gasteiger partial charge < -0.3 is 13.8 Å². The third-order valence-corrected chi connectivity index (χ3v) is 6.26. The zero-order chi connectivity index (χ0) is 19.3. The Labute approximate surface area is 151 Å². The van der Waals surface area contributed by atoms with E-state index < -0.39 is 24.8 Å². The van der Waals surface area contributed by atoms with Crippen molar-refractivity contribution in [2.75, 3.05) is 13.2 Å². The van der Waals surface area contributed by atoms with Crippen molar-refractivity contribution in [1.82, 2.24) is 0 Å². The molecule has 1 rings (SSSR count). The molecule has 0 aromatic heterocycles. The zero-order valence-corrected chi connectivity index (χ0v) is 17.3. The molecular weight excluding hydrogens is 339 g/mol. The minimum Gasteiger partial charge on any atom is -0.459 e. The summed E-state index contributed by atoms with van der Waals surface area (Å²) >= 11 is 0. The molecule has 0 bridgehead atoms. The lowest BCUT2D eigenvalue weighted by Gasteiger charge is -2.31. The monoisotopic (exact) mass is 370 g/mol. The van der Waals surface area contributed by atoms with E-state index in [1.807, 2.05) is 38.1 Å². The molecule has 2 unspecified atom stereocenters. The number of hydrogen-bond acceptors (Lipinski definition) is 5. The van der Waals surface area contributed by atoms with E-state index in [9.17, 15) is 9.36 Å². The molecular formula is C19H31O5P. The van der Waals surface area contributed by atoms with Gasteiger partial charge in [-0.25, -0.2) is 0 Å². The molecule has 0 amide bonds. The van der Waals surface area contributed by atoms with Crippen molar-refractivity contribution in [3.8, 4) is 0 Å². The number of carbonyl (C=O) groups excluding carboxylic acids is 1. The molecule has 6 heteroatoms. The van der Waals surface area contributed by atoms with E-state index in [2.05, 4.69) is 0 Å². The predicted molar refractivity (Wildman–Crippen MR) is 100 cm³/mol. The van der Waals surface area contributed by atoms with Crippen molar-refractivity contribution in [1.29, 1.82) is 0 Å². The van der Waals surface area contributed by atoms with Crippen LogP contribution in [-0.4, -0.2) is 30.4 Å². The molecule has 0 heterocycles. The number of aryl methyl sites for hydroxylation is 1. The first-order valence-electron chi connectivity index (χ1n) is 8.72. The van der Waals surface area contributed by atoms with Crippen LogP contribution in [0.3, 0.4) is 0 Å². The quantitative estimate of drug-likeness (QED) is 0.472. The topological polar surface area (TPSA) is 61.8 Å². The van der Waals surface area contributed by atoms with Crippen molar-refractivity contribution in [2.45, 2.75) is 65.6 Å². The first-order valence-corrected chi connectivity index (χ1v) is 10.3. The Kier molecular flexibility index (Phi) is 7.86. The summed E-state index contributed by atoms with van der Waals surface area (Å²) in [6, 6.07) is 7.79. The Morgan fingerprint density at radius 2 is 1.56 bits per heavy atom. The first-order chi connectivity index (χ1) is 11.5. The van der Waals surface area contributed by atoms with Crippen LogP contribution in [0.25, 0.3) is 0 Å². The second kappa shape index (κ2) is 8.98. The Morgan fingerprint density at radius 1 is 1.08 bits per heavy atom. The summed E-state index contributed by atoms with van der Waals surface area (Å²) in [6.07, 6.45) is 0. The third kappa shape index (κ3) is 6.25. The second-order valence-corrected chi connectivity index (χ2v) is 9.21. The zero-order valence-electron chi connectivity index (χ0n) is 16.4. The first kappa shape index (κ1) is 21.9. The molecule has 0 N–H and O–H groups in total. The summed E-state index contributed by atoms with van der Waals surface area (Å²) in [4.78, 5) is 12.9. The van der Waals surface area contributed by atoms with Gasteiger partial charge in [0, 0.05) is 5.92 Å². The fraction of sp³-hybridized carbons (Fsp3) is 0.632. The van der Waals surface area contributed by atoms with Gasteiger partial charge in [-0.3, -0.25) is 9.36 Å². The molecule has 142 valence electrons. The summed E-state index contributed by atoms with van der Waals surface area (Å²) in [5.74, 6) is -0.940. The van der Waals surface area contributed by atoms with E-state index in [1.165, 1.54) is 0 Å². The molecule has 0 fully saturated rings. The van der Waals surface area contributed by atoms with Crippen LogP contribution >= 0.6 is 7.60 Å². The molecule has 0 saturated carbocycles. The smallest absolute Gasteiger partial charge is 0.345 e. The highest BCUT2D eigenvalue weighted by atomic mass is 31.2. The van der Waals surface area contributed by atoms with Gasteiger partial charge in [0.15, 0.2) is 5.66 Å². The molecule has 2 atom stereocenters. The van der Waals surface area contributed by atoms with Gasteiger partial charge in [-0.15, -0.1) is 0 Å². The highest BCUT2D eigenvalue weighted by molar-refractivity contribution is 7.55. The van der Waals surface area contributed by atoms with Crippen molar-refractivity contribution in [3.05, 3.63) is 35.4 Å². The highest BCUT2D eigenvalue weighted by Gasteiger charge is 2.47. The fourth-order valence-electron chi connectivity index (χ4n) is 2.58. The van der Waals surface area contributed by atoms with Crippen LogP contribution in [0.1, 0.15) is 58.6 Å². The largest absolute Gasteiger partial charge is 0.459 e. The van der Waals surface area contributed by atoms with E-state index in [-0.39, 0.29) is 19.1 Å². The maximum absolute atomic E-state index is 13.4. The van der Waals surface area contributed by atoms with Gasteiger partial charge >= 0.3 is 13.6 Å². The molecule has 5 nitrogen and oxygen atoms in total. The molecule has 25 heavy (non-hydrogen) atoms. The standard InChI is InChI=1S/C19H31O5P/c1-8-22-25(21,23-9-2)17(18(20)24-19(5,6)7)15(4)16-12-10-14(3)11-13-16/h10-13,15,17H,8-9H2,1-7H3. The van der Waals surface area contributed by atoms with Crippen LogP contribution in [0.4, 0.5) is 0 Å². The van der Waals surface area contributed by atoms with Crippen molar-refractivity contribution < 1.29 is 23.1 Å². The number of hydrogen-bond donors (Lipinski definition) is 0. The summed E-state index contributed by atoms with van der Waals surface area (Å²) in [5, 5.41) is 0. The normalized spacial score (nSPS) is 14.8. The van der Waals surface area contributed by atoms with Gasteiger partial charge in [0.1, 0.15) is 5.60 Å². The Bertz CT molecular complexity index is 593. The lowest BCUT2D eigenvalue weighted by molar-refractivity contribution is -0.155. The Morgan fingerprint density at radius 3 is 1.96 bits per heavy atom. The Balaban J connectivity index is 3.32. The van der Waals surface area contributed by atoms with E-state index in [4.69, 9.17) is 13.8 Å². The lowest BCUT2D eigenvalue weighted by atomic mass is 9.96. The molecule has 1 aromatic rings. The maximum Gasteiger partial charge on any atom is 0.345 e. The molecule has 0 spiro atoms. The van der Waals surface area contributed by atoms with Gasteiger partial charge in [0.05, 0.1) is 13.2 Å². The average molecular weight is 370 g/mol. The number of esters is 1. The molecule has 0 aliphatic rings. The number of carbonyl (C=O) groups is 1. The highest BCUT2D eigenvalue weighted by Crippen LogP contribution is 2.57. The lowest BCUT2D eigenvalue weighted by Crippen LogP contribution is -2.36. The summed E-state index contributed by atoms with van der Waals surface area (Å²) in [6.45, 7) is 13.0. The van der Waals surface area contributed by atoms with E-state index >= 15 is 0 Å². The van der Waals surface area contributed by atoms with Crippen LogP contribution < -0.4 is 0 Å². The van der Waals surface area contributed by atoms with Gasteiger partial charge in [0.2, 0.25) is 0 Å². The third-order valence-electron chi connectivity index (χ3n) is 3.68. The predicted octanol–water partition coefficient (Wildman–Crippen LogP) is 5.07. The van der Waals surface area contributed by atoms with Gasteiger partial charge in [0.25, 0.3) is 0 Å². The van der Waals surface area contributed by atoms with Gasteiger partial charge in [-0.05, 0) is 47.1 Å². The Hall–Kier alpha value is -1.16. The molecule has 0 aliphatic heterocycles. The van der Waals surface area contributed by atoms with Crippen molar-refractivity contribution >= 4 is 13.6 Å². The fourth-order valence-corrected chi connectivity index (χ4v) is 4.73. The average Bonchev–Trinajstić information content (AvgIpc) is 2.46. The number of ether oxygens (including phenoxy) is 1. The van der Waals surface area contributed by atoms with Crippen molar-refractivity contribution in [2.24, 2.45) is 0 Å². The van der Waals surface area contributed by atoms with Gasteiger partial charge in [-0.2, -0.15) is 0 Å². The molecule has 1 aromatic carbocycles. The van der Waals surface area contributed by atoms with Crippen LogP contribution in [0.15, 0.2) is 24.3 Å². The second-order valence-electron chi connectivity index (χ2n) is 7.05. The van der Waals surface area contributed by atoms with Crippen LogP contribution in [0, 0.1) is 6.92 Å². The van der Waals surface area contributed by atoms with E-state index in [1.54, 1.807) is 34.6 Å². The van der Waals surface area contributed by atoms with E-state index in [0.29, 0.717) is 0 Å². The SMILES string of the molecule is CCOP(=O)(OCC)C(C(=O)OC(C)(C)C)C(C)c1ccc(C)cc1. The minimum atomic E-state index is -3.68. The van der Waals surface area contributed by atoms with Crippen molar-refractivity contribution in [3.63, 3.8) is 0 Å². The molecule has 0 saturated heterocycles. The maximum atomic E-state index is 13.4. The van der Waals surface area contributed by atoms with Gasteiger partial charge in [-0.1, -0.05) is 36.8 Å². The molecule has 0 aliphatic carbocycles. The van der Waals surface area contributed by atoms with Crippen LogP contribution in [-0.2, 0) is 23.1 Å². The summed E-state index contributed by atoms with van der Waals surface area (Å²) < 4.78 is 29.8. The van der Waals surface area contributed by atoms with E-state index in [0.717, 1.165) is 11.1 Å². The molecule has 0 radical (unpaired) electrons. The number of benzene rings is 1.